The van der Waals surface area contributed by atoms with Gasteiger partial charge in [0.2, 0.25) is 0 Å². The van der Waals surface area contributed by atoms with E-state index in [0.29, 0.717) is 4.90 Å². The van der Waals surface area contributed by atoms with Crippen LogP contribution >= 0.6 is 0 Å². The van der Waals surface area contributed by atoms with E-state index in [1.54, 1.807) is 30.3 Å². The molecule has 4 heteroatoms. The third-order valence-electron chi connectivity index (χ3n) is 3.23. The van der Waals surface area contributed by atoms with Gasteiger partial charge in [-0.25, -0.2) is 4.90 Å². The summed E-state index contributed by atoms with van der Waals surface area (Å²) in [6.45, 7) is 0. The fourth-order valence-electron chi connectivity index (χ4n) is 2.20. The predicted molar refractivity (Wildman–Crippen MR) is 77.4 cm³/mol. The molecule has 0 fully saturated rings. The van der Waals surface area contributed by atoms with Crippen molar-refractivity contribution in [2.45, 2.75) is 0 Å². The standard InChI is InChI=1S/C17H11NO3/c19-15(11-10-12-6-2-1-3-7-12)18-16(20)13-8-4-5-9-14(13)17(18)21/h1-11H. The number of rotatable bonds is 2. The van der Waals surface area contributed by atoms with Crippen molar-refractivity contribution >= 4 is 23.8 Å². The maximum Gasteiger partial charge on any atom is 0.268 e. The number of hydrogen-bond donors (Lipinski definition) is 0. The van der Waals surface area contributed by atoms with E-state index in [4.69, 9.17) is 0 Å². The molecular weight excluding hydrogens is 266 g/mol. The first-order valence-electron chi connectivity index (χ1n) is 6.43. The molecule has 1 aliphatic heterocycles. The maximum absolute atomic E-state index is 12.1. The Morgan fingerprint density at radius 1 is 0.810 bits per heavy atom. The van der Waals surface area contributed by atoms with Crippen molar-refractivity contribution in [1.29, 1.82) is 0 Å². The van der Waals surface area contributed by atoms with E-state index in [1.807, 2.05) is 30.3 Å². The van der Waals surface area contributed by atoms with Crippen molar-refractivity contribution in [3.63, 3.8) is 0 Å². The molecule has 0 spiro atoms. The molecule has 2 aromatic carbocycles. The highest BCUT2D eigenvalue weighted by molar-refractivity contribution is 6.30. The average molecular weight is 277 g/mol. The fraction of sp³-hybridized carbons (Fsp3) is 0. The summed E-state index contributed by atoms with van der Waals surface area (Å²) in [4.78, 5) is 37.0. The van der Waals surface area contributed by atoms with Gasteiger partial charge in [0.25, 0.3) is 17.7 Å². The summed E-state index contributed by atoms with van der Waals surface area (Å²) < 4.78 is 0. The molecule has 0 radical (unpaired) electrons. The monoisotopic (exact) mass is 277 g/mol. The quantitative estimate of drug-likeness (QED) is 0.626. The van der Waals surface area contributed by atoms with Crippen molar-refractivity contribution in [1.82, 2.24) is 4.90 Å². The van der Waals surface area contributed by atoms with E-state index >= 15 is 0 Å². The number of carbonyl (C=O) groups excluding carboxylic acids is 3. The van der Waals surface area contributed by atoms with Gasteiger partial charge in [-0.05, 0) is 23.8 Å². The summed E-state index contributed by atoms with van der Waals surface area (Å²) in [5, 5.41) is 0. The molecule has 0 saturated carbocycles. The van der Waals surface area contributed by atoms with Crippen LogP contribution in [0.5, 0.6) is 0 Å². The van der Waals surface area contributed by atoms with Gasteiger partial charge in [0.1, 0.15) is 0 Å². The molecule has 2 aromatic rings. The van der Waals surface area contributed by atoms with Crippen molar-refractivity contribution in [3.8, 4) is 0 Å². The van der Waals surface area contributed by atoms with Crippen LogP contribution in [0, 0.1) is 0 Å². The van der Waals surface area contributed by atoms with Crippen molar-refractivity contribution < 1.29 is 14.4 Å². The third kappa shape index (κ3) is 2.27. The van der Waals surface area contributed by atoms with Crippen LogP contribution in [0.3, 0.4) is 0 Å². The summed E-state index contributed by atoms with van der Waals surface area (Å²) in [5.41, 5.74) is 1.36. The molecule has 102 valence electrons. The average Bonchev–Trinajstić information content (AvgIpc) is 2.78. The maximum atomic E-state index is 12.1. The fourth-order valence-corrected chi connectivity index (χ4v) is 2.20. The highest BCUT2D eigenvalue weighted by Crippen LogP contribution is 2.22. The highest BCUT2D eigenvalue weighted by atomic mass is 16.2. The van der Waals surface area contributed by atoms with Crippen LogP contribution in [0.4, 0.5) is 0 Å². The van der Waals surface area contributed by atoms with Gasteiger partial charge < -0.3 is 0 Å². The first-order chi connectivity index (χ1) is 10.2. The molecule has 3 rings (SSSR count). The van der Waals surface area contributed by atoms with E-state index in [-0.39, 0.29) is 11.1 Å². The molecule has 1 aliphatic rings. The lowest BCUT2D eigenvalue weighted by molar-refractivity contribution is -0.121. The lowest BCUT2D eigenvalue weighted by atomic mass is 10.1. The van der Waals surface area contributed by atoms with Crippen LogP contribution in [0.15, 0.2) is 60.7 Å². The van der Waals surface area contributed by atoms with Gasteiger partial charge in [0.15, 0.2) is 0 Å². The molecule has 0 unspecified atom stereocenters. The van der Waals surface area contributed by atoms with Gasteiger partial charge >= 0.3 is 0 Å². The minimum atomic E-state index is -0.634. The van der Waals surface area contributed by atoms with E-state index in [0.717, 1.165) is 5.56 Å². The van der Waals surface area contributed by atoms with Crippen molar-refractivity contribution in [3.05, 3.63) is 77.4 Å². The van der Waals surface area contributed by atoms with Crippen LogP contribution in [0.25, 0.3) is 6.08 Å². The highest BCUT2D eigenvalue weighted by Gasteiger charge is 2.38. The molecular formula is C17H11NO3. The second-order valence-corrected chi connectivity index (χ2v) is 4.57. The van der Waals surface area contributed by atoms with E-state index < -0.39 is 17.7 Å². The van der Waals surface area contributed by atoms with Crippen LogP contribution in [-0.2, 0) is 4.79 Å². The van der Waals surface area contributed by atoms with Crippen molar-refractivity contribution in [2.24, 2.45) is 0 Å². The zero-order chi connectivity index (χ0) is 14.8. The zero-order valence-electron chi connectivity index (χ0n) is 11.0. The molecule has 3 amide bonds. The van der Waals surface area contributed by atoms with Gasteiger partial charge in [-0.1, -0.05) is 42.5 Å². The Morgan fingerprint density at radius 3 is 1.90 bits per heavy atom. The van der Waals surface area contributed by atoms with E-state index in [9.17, 15) is 14.4 Å². The normalized spacial score (nSPS) is 13.8. The minimum absolute atomic E-state index is 0.268. The number of imide groups is 3. The number of fused-ring (bicyclic) bond motifs is 1. The molecule has 0 bridgehead atoms. The number of carbonyl (C=O) groups is 3. The largest absolute Gasteiger partial charge is 0.269 e. The number of benzene rings is 2. The molecule has 0 N–H and O–H groups in total. The van der Waals surface area contributed by atoms with Crippen molar-refractivity contribution in [2.75, 3.05) is 0 Å². The van der Waals surface area contributed by atoms with Gasteiger partial charge in [-0.2, -0.15) is 0 Å². The van der Waals surface area contributed by atoms with Crippen LogP contribution < -0.4 is 0 Å². The molecule has 4 nitrogen and oxygen atoms in total. The zero-order valence-corrected chi connectivity index (χ0v) is 11.0. The Hall–Kier alpha value is -3.01. The molecule has 0 atom stereocenters. The topological polar surface area (TPSA) is 54.5 Å². The first kappa shape index (κ1) is 13.0. The predicted octanol–water partition coefficient (Wildman–Crippen LogP) is 2.52. The number of nitrogens with zero attached hydrogens (tertiary/aromatic N) is 1. The number of hydrogen-bond acceptors (Lipinski definition) is 3. The van der Waals surface area contributed by atoms with Gasteiger partial charge in [-0.15, -0.1) is 0 Å². The minimum Gasteiger partial charge on any atom is -0.269 e. The Morgan fingerprint density at radius 2 is 1.33 bits per heavy atom. The second kappa shape index (κ2) is 5.17. The smallest absolute Gasteiger partial charge is 0.268 e. The summed E-state index contributed by atoms with van der Waals surface area (Å²) in [6.07, 6.45) is 2.81. The van der Waals surface area contributed by atoms with Crippen LogP contribution in [0.2, 0.25) is 0 Å². The third-order valence-corrected chi connectivity index (χ3v) is 3.23. The summed E-state index contributed by atoms with van der Waals surface area (Å²) in [5.74, 6) is -1.78. The van der Waals surface area contributed by atoms with Crippen LogP contribution in [0.1, 0.15) is 26.3 Å². The SMILES string of the molecule is O=C(C=Cc1ccccc1)N1C(=O)c2ccccc2C1=O. The lowest BCUT2D eigenvalue weighted by Gasteiger charge is -2.08. The second-order valence-electron chi connectivity index (χ2n) is 4.57. The lowest BCUT2D eigenvalue weighted by Crippen LogP contribution is -2.34. The summed E-state index contributed by atoms with van der Waals surface area (Å²) >= 11 is 0. The first-order valence-corrected chi connectivity index (χ1v) is 6.43. The molecule has 0 aliphatic carbocycles. The molecule has 21 heavy (non-hydrogen) atoms. The summed E-state index contributed by atoms with van der Waals surface area (Å²) in [7, 11) is 0. The number of amides is 3. The summed E-state index contributed by atoms with van der Waals surface area (Å²) in [6, 6.07) is 15.6. The Balaban J connectivity index is 1.86. The van der Waals surface area contributed by atoms with Gasteiger partial charge in [0.05, 0.1) is 11.1 Å². The molecule has 0 aromatic heterocycles. The molecule has 1 heterocycles. The van der Waals surface area contributed by atoms with E-state index in [2.05, 4.69) is 0 Å². The Kier molecular flexibility index (Phi) is 3.20. The van der Waals surface area contributed by atoms with Gasteiger partial charge in [0, 0.05) is 6.08 Å². The van der Waals surface area contributed by atoms with E-state index in [1.165, 1.54) is 6.08 Å². The molecule has 0 saturated heterocycles. The Bertz CT molecular complexity index is 728. The Labute approximate surface area is 121 Å². The van der Waals surface area contributed by atoms with Crippen LogP contribution in [-0.4, -0.2) is 22.6 Å². The van der Waals surface area contributed by atoms with Gasteiger partial charge in [-0.3, -0.25) is 14.4 Å².